The van der Waals surface area contributed by atoms with Crippen LogP contribution in [0.3, 0.4) is 0 Å². The second kappa shape index (κ2) is 5.25. The molecule has 0 bridgehead atoms. The van der Waals surface area contributed by atoms with Gasteiger partial charge in [0, 0.05) is 18.2 Å². The SMILES string of the molecule is CCCN(C(=O)c1ccc(I)c(O)c1)C1CC1. The van der Waals surface area contributed by atoms with Crippen molar-refractivity contribution in [1.82, 2.24) is 4.90 Å². The summed E-state index contributed by atoms with van der Waals surface area (Å²) in [6, 6.07) is 5.55. The first-order chi connectivity index (χ1) is 8.13. The lowest BCUT2D eigenvalue weighted by molar-refractivity contribution is 0.0742. The summed E-state index contributed by atoms with van der Waals surface area (Å²) in [6.45, 7) is 2.88. The van der Waals surface area contributed by atoms with Crippen LogP contribution >= 0.6 is 22.6 Å². The van der Waals surface area contributed by atoms with Crippen LogP contribution in [0.4, 0.5) is 0 Å². The van der Waals surface area contributed by atoms with Crippen molar-refractivity contribution < 1.29 is 9.90 Å². The van der Waals surface area contributed by atoms with Gasteiger partial charge in [0.05, 0.1) is 3.57 Å². The zero-order valence-corrected chi connectivity index (χ0v) is 12.0. The van der Waals surface area contributed by atoms with Crippen molar-refractivity contribution in [3.63, 3.8) is 0 Å². The van der Waals surface area contributed by atoms with E-state index in [4.69, 9.17) is 0 Å². The van der Waals surface area contributed by atoms with Crippen LogP contribution in [0.1, 0.15) is 36.5 Å². The molecule has 0 heterocycles. The second-order valence-electron chi connectivity index (χ2n) is 4.40. The van der Waals surface area contributed by atoms with Gasteiger partial charge in [0.25, 0.3) is 5.91 Å². The maximum absolute atomic E-state index is 12.3. The average molecular weight is 345 g/mol. The van der Waals surface area contributed by atoms with Crippen LogP contribution in [-0.4, -0.2) is 28.5 Å². The topological polar surface area (TPSA) is 40.5 Å². The Bertz CT molecular complexity index is 429. The van der Waals surface area contributed by atoms with E-state index in [0.717, 1.165) is 29.4 Å². The number of carbonyl (C=O) groups excluding carboxylic acids is 1. The maximum atomic E-state index is 12.3. The molecule has 1 aliphatic rings. The number of rotatable bonds is 4. The third kappa shape index (κ3) is 2.91. The van der Waals surface area contributed by atoms with Crippen LogP contribution in [0.25, 0.3) is 0 Å². The molecule has 3 nitrogen and oxygen atoms in total. The molecular formula is C13H16INO2. The van der Waals surface area contributed by atoms with Gasteiger partial charge < -0.3 is 10.0 Å². The molecule has 1 fully saturated rings. The first kappa shape index (κ1) is 12.7. The Morgan fingerprint density at radius 1 is 1.53 bits per heavy atom. The molecule has 1 amide bonds. The Morgan fingerprint density at radius 3 is 2.76 bits per heavy atom. The summed E-state index contributed by atoms with van der Waals surface area (Å²) in [6.07, 6.45) is 3.20. The Morgan fingerprint density at radius 2 is 2.24 bits per heavy atom. The summed E-state index contributed by atoms with van der Waals surface area (Å²) in [5.41, 5.74) is 0.586. The summed E-state index contributed by atoms with van der Waals surface area (Å²) >= 11 is 2.05. The van der Waals surface area contributed by atoms with Crippen molar-refractivity contribution in [3.8, 4) is 5.75 Å². The summed E-state index contributed by atoms with van der Waals surface area (Å²) in [7, 11) is 0. The fourth-order valence-electron chi connectivity index (χ4n) is 1.89. The highest BCUT2D eigenvalue weighted by Gasteiger charge is 2.32. The van der Waals surface area contributed by atoms with Gasteiger partial charge in [-0.25, -0.2) is 0 Å². The first-order valence-corrected chi connectivity index (χ1v) is 7.01. The van der Waals surface area contributed by atoms with Gasteiger partial charge in [-0.1, -0.05) is 6.92 Å². The minimum absolute atomic E-state index is 0.0426. The van der Waals surface area contributed by atoms with Gasteiger partial charge >= 0.3 is 0 Å². The number of halogens is 1. The molecule has 0 radical (unpaired) electrons. The van der Waals surface area contributed by atoms with Gasteiger partial charge in [-0.3, -0.25) is 4.79 Å². The second-order valence-corrected chi connectivity index (χ2v) is 5.56. The third-order valence-electron chi connectivity index (χ3n) is 2.91. The van der Waals surface area contributed by atoms with E-state index < -0.39 is 0 Å². The predicted octanol–water partition coefficient (Wildman–Crippen LogP) is 3.01. The number of aromatic hydroxyl groups is 1. The van der Waals surface area contributed by atoms with Crippen LogP contribution < -0.4 is 0 Å². The number of amides is 1. The van der Waals surface area contributed by atoms with E-state index in [0.29, 0.717) is 11.6 Å². The van der Waals surface area contributed by atoms with E-state index in [1.165, 1.54) is 0 Å². The number of benzene rings is 1. The summed E-state index contributed by atoms with van der Waals surface area (Å²) in [5.74, 6) is 0.227. The highest BCUT2D eigenvalue weighted by Crippen LogP contribution is 2.29. The Labute approximate surface area is 115 Å². The van der Waals surface area contributed by atoms with Gasteiger partial charge in [0.2, 0.25) is 0 Å². The van der Waals surface area contributed by atoms with Crippen LogP contribution in [0.15, 0.2) is 18.2 Å². The Balaban J connectivity index is 2.19. The standard InChI is InChI=1S/C13H16INO2/c1-2-7-15(10-4-5-10)13(17)9-3-6-11(14)12(16)8-9/h3,6,8,10,16H,2,4-5,7H2,1H3. The number of hydrogen-bond donors (Lipinski definition) is 1. The van der Waals surface area contributed by atoms with Crippen LogP contribution in [-0.2, 0) is 0 Å². The monoisotopic (exact) mass is 345 g/mol. The molecule has 92 valence electrons. The molecule has 0 saturated heterocycles. The number of phenolic OH excluding ortho intramolecular Hbond substituents is 1. The van der Waals surface area contributed by atoms with Crippen molar-refractivity contribution in [1.29, 1.82) is 0 Å². The number of hydrogen-bond acceptors (Lipinski definition) is 2. The predicted molar refractivity (Wildman–Crippen MR) is 75.2 cm³/mol. The molecule has 0 spiro atoms. The van der Waals surface area contributed by atoms with E-state index in [-0.39, 0.29) is 11.7 Å². The molecule has 2 rings (SSSR count). The highest BCUT2D eigenvalue weighted by molar-refractivity contribution is 14.1. The number of phenols is 1. The van der Waals surface area contributed by atoms with Crippen molar-refractivity contribution in [2.75, 3.05) is 6.54 Å². The van der Waals surface area contributed by atoms with E-state index >= 15 is 0 Å². The van der Waals surface area contributed by atoms with Gasteiger partial charge in [-0.2, -0.15) is 0 Å². The smallest absolute Gasteiger partial charge is 0.254 e. The highest BCUT2D eigenvalue weighted by atomic mass is 127. The van der Waals surface area contributed by atoms with Crippen LogP contribution in [0, 0.1) is 3.57 Å². The molecule has 1 aromatic carbocycles. The average Bonchev–Trinajstić information content (AvgIpc) is 3.13. The molecule has 1 saturated carbocycles. The van der Waals surface area contributed by atoms with Crippen molar-refractivity contribution in [2.24, 2.45) is 0 Å². The lowest BCUT2D eigenvalue weighted by Gasteiger charge is -2.21. The molecular weight excluding hydrogens is 329 g/mol. The zero-order valence-electron chi connectivity index (χ0n) is 9.82. The van der Waals surface area contributed by atoms with E-state index in [9.17, 15) is 9.90 Å². The molecule has 0 aliphatic heterocycles. The summed E-state index contributed by atoms with van der Waals surface area (Å²) in [5, 5.41) is 9.64. The molecule has 4 heteroatoms. The van der Waals surface area contributed by atoms with Gasteiger partial charge in [0.1, 0.15) is 5.75 Å². The van der Waals surface area contributed by atoms with Gasteiger partial charge in [-0.15, -0.1) is 0 Å². The minimum Gasteiger partial charge on any atom is -0.507 e. The molecule has 0 unspecified atom stereocenters. The number of nitrogens with zero attached hydrogens (tertiary/aromatic N) is 1. The third-order valence-corrected chi connectivity index (χ3v) is 3.82. The van der Waals surface area contributed by atoms with E-state index in [1.54, 1.807) is 18.2 Å². The minimum atomic E-state index is 0.0426. The van der Waals surface area contributed by atoms with Gasteiger partial charge in [-0.05, 0) is 60.1 Å². The van der Waals surface area contributed by atoms with Gasteiger partial charge in [0.15, 0.2) is 0 Å². The van der Waals surface area contributed by atoms with Crippen molar-refractivity contribution in [2.45, 2.75) is 32.2 Å². The molecule has 1 aromatic rings. The summed E-state index contributed by atoms with van der Waals surface area (Å²) < 4.78 is 0.771. The molecule has 1 aliphatic carbocycles. The number of carbonyl (C=O) groups is 1. The quantitative estimate of drug-likeness (QED) is 0.853. The first-order valence-electron chi connectivity index (χ1n) is 5.93. The van der Waals surface area contributed by atoms with Crippen LogP contribution in [0.2, 0.25) is 0 Å². The van der Waals surface area contributed by atoms with Crippen molar-refractivity contribution >= 4 is 28.5 Å². The van der Waals surface area contributed by atoms with Crippen molar-refractivity contribution in [3.05, 3.63) is 27.3 Å². The lowest BCUT2D eigenvalue weighted by Crippen LogP contribution is -2.33. The molecule has 0 atom stereocenters. The maximum Gasteiger partial charge on any atom is 0.254 e. The fraction of sp³-hybridized carbons (Fsp3) is 0.462. The largest absolute Gasteiger partial charge is 0.507 e. The lowest BCUT2D eigenvalue weighted by atomic mass is 10.2. The Kier molecular flexibility index (Phi) is 3.91. The molecule has 0 aromatic heterocycles. The zero-order chi connectivity index (χ0) is 12.4. The summed E-state index contributed by atoms with van der Waals surface area (Å²) in [4.78, 5) is 14.2. The van der Waals surface area contributed by atoms with Crippen LogP contribution in [0.5, 0.6) is 5.75 Å². The molecule has 17 heavy (non-hydrogen) atoms. The Hall–Kier alpha value is -0.780. The fourth-order valence-corrected chi connectivity index (χ4v) is 2.22. The van der Waals surface area contributed by atoms with E-state index in [2.05, 4.69) is 6.92 Å². The molecule has 1 N–H and O–H groups in total. The van der Waals surface area contributed by atoms with E-state index in [1.807, 2.05) is 27.5 Å². The normalized spacial score (nSPS) is 14.7.